The largest absolute Gasteiger partial charge is 0.468 e. The van der Waals surface area contributed by atoms with Crippen LogP contribution in [0.15, 0.2) is 0 Å². The van der Waals surface area contributed by atoms with Crippen molar-refractivity contribution in [3.63, 3.8) is 0 Å². The summed E-state index contributed by atoms with van der Waals surface area (Å²) in [6, 6.07) is -0.0509. The first kappa shape index (κ1) is 8.53. The molecule has 0 spiro atoms. The summed E-state index contributed by atoms with van der Waals surface area (Å²) in [4.78, 5) is 11.1. The highest BCUT2D eigenvalue weighted by Crippen LogP contribution is 2.19. The Balaban J connectivity index is 2.49. The van der Waals surface area contributed by atoms with Gasteiger partial charge in [0.1, 0.15) is 6.04 Å². The predicted octanol–water partition coefficient (Wildman–Crippen LogP) is 0.547. The van der Waals surface area contributed by atoms with Gasteiger partial charge in [0.15, 0.2) is 0 Å². The average molecular weight is 157 g/mol. The quantitative estimate of drug-likeness (QED) is 0.595. The lowest BCUT2D eigenvalue weighted by Crippen LogP contribution is -2.36. The van der Waals surface area contributed by atoms with E-state index in [0.29, 0.717) is 5.92 Å². The molecule has 1 N–H and O–H groups in total. The first-order valence-electron chi connectivity index (χ1n) is 4.10. The third-order valence-electron chi connectivity index (χ3n) is 2.33. The monoisotopic (exact) mass is 157 g/mol. The minimum atomic E-state index is -0.116. The molecule has 0 saturated carbocycles. The van der Waals surface area contributed by atoms with Crippen LogP contribution in [0.25, 0.3) is 0 Å². The Morgan fingerprint density at radius 3 is 3.00 bits per heavy atom. The molecule has 0 unspecified atom stereocenters. The molecule has 0 aliphatic carbocycles. The first-order chi connectivity index (χ1) is 5.29. The number of esters is 1. The lowest BCUT2D eigenvalue weighted by atomic mass is 9.98. The maximum atomic E-state index is 11.1. The summed E-state index contributed by atoms with van der Waals surface area (Å²) in [7, 11) is 1.44. The molecule has 1 aliphatic rings. The summed E-state index contributed by atoms with van der Waals surface area (Å²) < 4.78 is 4.66. The molecule has 1 aliphatic heterocycles. The van der Waals surface area contributed by atoms with Crippen LogP contribution in [-0.4, -0.2) is 25.7 Å². The molecule has 1 saturated heterocycles. The zero-order valence-corrected chi connectivity index (χ0v) is 7.09. The van der Waals surface area contributed by atoms with Crippen molar-refractivity contribution in [2.75, 3.05) is 13.7 Å². The van der Waals surface area contributed by atoms with E-state index in [4.69, 9.17) is 0 Å². The normalized spacial score (nSPS) is 30.4. The smallest absolute Gasteiger partial charge is 0.323 e. The zero-order chi connectivity index (χ0) is 8.27. The van der Waals surface area contributed by atoms with E-state index in [-0.39, 0.29) is 12.0 Å². The lowest BCUT2D eigenvalue weighted by molar-refractivity contribution is -0.143. The van der Waals surface area contributed by atoms with Gasteiger partial charge in [-0.15, -0.1) is 0 Å². The van der Waals surface area contributed by atoms with Crippen LogP contribution in [0.4, 0.5) is 0 Å². The number of hydrogen-bond donors (Lipinski definition) is 1. The van der Waals surface area contributed by atoms with Gasteiger partial charge in [0.05, 0.1) is 7.11 Å². The SMILES string of the molecule is CC[C@H]1CCN[C@H]1C(=O)OC. The van der Waals surface area contributed by atoms with Crippen LogP contribution >= 0.6 is 0 Å². The van der Waals surface area contributed by atoms with Crippen LogP contribution in [0, 0.1) is 5.92 Å². The Bertz CT molecular complexity index is 147. The van der Waals surface area contributed by atoms with E-state index in [1.807, 2.05) is 0 Å². The summed E-state index contributed by atoms with van der Waals surface area (Å²) >= 11 is 0. The van der Waals surface area contributed by atoms with Gasteiger partial charge in [0, 0.05) is 0 Å². The van der Waals surface area contributed by atoms with E-state index in [9.17, 15) is 4.79 Å². The molecule has 0 bridgehead atoms. The highest BCUT2D eigenvalue weighted by atomic mass is 16.5. The molecule has 64 valence electrons. The Morgan fingerprint density at radius 2 is 2.45 bits per heavy atom. The van der Waals surface area contributed by atoms with Gasteiger partial charge in [-0.1, -0.05) is 13.3 Å². The van der Waals surface area contributed by atoms with Crippen molar-refractivity contribution in [3.8, 4) is 0 Å². The Hall–Kier alpha value is -0.570. The number of carbonyl (C=O) groups excluding carboxylic acids is 1. The Kier molecular flexibility index (Phi) is 2.88. The van der Waals surface area contributed by atoms with Crippen molar-refractivity contribution >= 4 is 5.97 Å². The van der Waals surface area contributed by atoms with Gasteiger partial charge >= 0.3 is 5.97 Å². The van der Waals surface area contributed by atoms with Crippen molar-refractivity contribution in [1.29, 1.82) is 0 Å². The van der Waals surface area contributed by atoms with Gasteiger partial charge in [0.25, 0.3) is 0 Å². The summed E-state index contributed by atoms with van der Waals surface area (Å²) in [5, 5.41) is 3.13. The molecule has 0 radical (unpaired) electrons. The molecule has 11 heavy (non-hydrogen) atoms. The van der Waals surface area contributed by atoms with Crippen molar-refractivity contribution in [2.24, 2.45) is 5.92 Å². The minimum absolute atomic E-state index is 0.0509. The summed E-state index contributed by atoms with van der Waals surface area (Å²) in [5.41, 5.74) is 0. The summed E-state index contributed by atoms with van der Waals surface area (Å²) in [5.74, 6) is 0.358. The van der Waals surface area contributed by atoms with Gasteiger partial charge in [-0.25, -0.2) is 0 Å². The van der Waals surface area contributed by atoms with Crippen LogP contribution in [0.1, 0.15) is 19.8 Å². The predicted molar refractivity (Wildman–Crippen MR) is 42.2 cm³/mol. The van der Waals surface area contributed by atoms with Crippen LogP contribution in [0.5, 0.6) is 0 Å². The van der Waals surface area contributed by atoms with Gasteiger partial charge < -0.3 is 10.1 Å². The molecule has 1 fully saturated rings. The number of rotatable bonds is 2. The molecule has 3 heteroatoms. The fourth-order valence-corrected chi connectivity index (χ4v) is 1.60. The molecule has 3 nitrogen and oxygen atoms in total. The van der Waals surface area contributed by atoms with Crippen LogP contribution in [0.2, 0.25) is 0 Å². The van der Waals surface area contributed by atoms with Crippen LogP contribution < -0.4 is 5.32 Å². The van der Waals surface area contributed by atoms with Gasteiger partial charge in [0.2, 0.25) is 0 Å². The number of ether oxygens (including phenoxy) is 1. The molecular weight excluding hydrogens is 142 g/mol. The van der Waals surface area contributed by atoms with E-state index < -0.39 is 0 Å². The highest BCUT2D eigenvalue weighted by molar-refractivity contribution is 5.76. The zero-order valence-electron chi connectivity index (χ0n) is 7.09. The van der Waals surface area contributed by atoms with Gasteiger partial charge in [-0.05, 0) is 18.9 Å². The molecule has 2 atom stereocenters. The van der Waals surface area contributed by atoms with Crippen molar-refractivity contribution in [1.82, 2.24) is 5.32 Å². The van der Waals surface area contributed by atoms with Crippen LogP contribution in [-0.2, 0) is 9.53 Å². The second-order valence-electron chi connectivity index (χ2n) is 2.91. The van der Waals surface area contributed by atoms with Crippen molar-refractivity contribution in [2.45, 2.75) is 25.8 Å². The van der Waals surface area contributed by atoms with Gasteiger partial charge in [-0.3, -0.25) is 4.79 Å². The molecule has 0 aromatic rings. The van der Waals surface area contributed by atoms with Gasteiger partial charge in [-0.2, -0.15) is 0 Å². The van der Waals surface area contributed by atoms with Crippen molar-refractivity contribution in [3.05, 3.63) is 0 Å². The maximum absolute atomic E-state index is 11.1. The van der Waals surface area contributed by atoms with E-state index in [1.54, 1.807) is 0 Å². The number of carbonyl (C=O) groups is 1. The third-order valence-corrected chi connectivity index (χ3v) is 2.33. The van der Waals surface area contributed by atoms with E-state index in [2.05, 4.69) is 17.0 Å². The molecular formula is C8H15NO2. The number of nitrogens with one attached hydrogen (secondary N) is 1. The average Bonchev–Trinajstić information content (AvgIpc) is 2.50. The highest BCUT2D eigenvalue weighted by Gasteiger charge is 2.31. The number of methoxy groups -OCH3 is 1. The second kappa shape index (κ2) is 3.72. The van der Waals surface area contributed by atoms with Crippen LogP contribution in [0.3, 0.4) is 0 Å². The van der Waals surface area contributed by atoms with E-state index >= 15 is 0 Å². The molecule has 0 aromatic carbocycles. The third kappa shape index (κ3) is 1.71. The first-order valence-corrected chi connectivity index (χ1v) is 4.10. The lowest BCUT2D eigenvalue weighted by Gasteiger charge is -2.14. The Labute approximate surface area is 67.1 Å². The van der Waals surface area contributed by atoms with E-state index in [0.717, 1.165) is 19.4 Å². The maximum Gasteiger partial charge on any atom is 0.323 e. The minimum Gasteiger partial charge on any atom is -0.468 e. The van der Waals surface area contributed by atoms with Crippen molar-refractivity contribution < 1.29 is 9.53 Å². The number of hydrogen-bond acceptors (Lipinski definition) is 3. The molecule has 1 rings (SSSR count). The fourth-order valence-electron chi connectivity index (χ4n) is 1.60. The summed E-state index contributed by atoms with van der Waals surface area (Å²) in [6.45, 7) is 3.05. The standard InChI is InChI=1S/C8H15NO2/c1-3-6-4-5-9-7(6)8(10)11-2/h6-7,9H,3-5H2,1-2H3/t6-,7+/m0/s1. The summed E-state index contributed by atoms with van der Waals surface area (Å²) in [6.07, 6.45) is 2.14. The second-order valence-corrected chi connectivity index (χ2v) is 2.91. The Morgan fingerprint density at radius 1 is 1.73 bits per heavy atom. The topological polar surface area (TPSA) is 38.3 Å². The molecule has 0 aromatic heterocycles. The fraction of sp³-hybridized carbons (Fsp3) is 0.875. The van der Waals surface area contributed by atoms with E-state index in [1.165, 1.54) is 7.11 Å². The molecule has 1 heterocycles. The molecule has 0 amide bonds.